The third kappa shape index (κ3) is 4.23. The number of rotatable bonds is 5. The average molecular weight is 319 g/mol. The number of hydrogen-bond acceptors (Lipinski definition) is 3. The highest BCUT2D eigenvalue weighted by Crippen LogP contribution is 2.16. The SMILES string of the molecule is CN(C)c1ccc(C(=O)NCC(O)c2ccc(Cl)cc2)cc1. The van der Waals surface area contributed by atoms with Gasteiger partial charge in [0.25, 0.3) is 5.91 Å². The van der Waals surface area contributed by atoms with E-state index in [0.29, 0.717) is 16.1 Å². The summed E-state index contributed by atoms with van der Waals surface area (Å²) in [6, 6.07) is 14.2. The molecule has 116 valence electrons. The largest absolute Gasteiger partial charge is 0.387 e. The molecule has 0 aromatic heterocycles. The van der Waals surface area contributed by atoms with E-state index in [1.165, 1.54) is 0 Å². The fourth-order valence-electron chi connectivity index (χ4n) is 2.01. The highest BCUT2D eigenvalue weighted by molar-refractivity contribution is 6.30. The molecule has 2 rings (SSSR count). The molecule has 2 aromatic carbocycles. The van der Waals surface area contributed by atoms with Crippen LogP contribution >= 0.6 is 11.6 Å². The molecule has 0 aliphatic heterocycles. The van der Waals surface area contributed by atoms with Crippen molar-refractivity contribution in [3.63, 3.8) is 0 Å². The Labute approximate surface area is 135 Å². The summed E-state index contributed by atoms with van der Waals surface area (Å²) in [4.78, 5) is 14.0. The van der Waals surface area contributed by atoms with Crippen molar-refractivity contribution in [1.29, 1.82) is 0 Å². The van der Waals surface area contributed by atoms with E-state index in [1.54, 1.807) is 36.4 Å². The van der Waals surface area contributed by atoms with Gasteiger partial charge in [0.2, 0.25) is 0 Å². The van der Waals surface area contributed by atoms with Gasteiger partial charge in [-0.05, 0) is 42.0 Å². The van der Waals surface area contributed by atoms with Crippen LogP contribution in [0, 0.1) is 0 Å². The van der Waals surface area contributed by atoms with Crippen molar-refractivity contribution in [3.8, 4) is 0 Å². The second-order valence-corrected chi connectivity index (χ2v) is 5.66. The Morgan fingerprint density at radius 3 is 2.27 bits per heavy atom. The van der Waals surface area contributed by atoms with Gasteiger partial charge in [-0.2, -0.15) is 0 Å². The van der Waals surface area contributed by atoms with Gasteiger partial charge in [-0.15, -0.1) is 0 Å². The van der Waals surface area contributed by atoms with Gasteiger partial charge in [-0.1, -0.05) is 23.7 Å². The van der Waals surface area contributed by atoms with Crippen LogP contribution in [0.5, 0.6) is 0 Å². The molecule has 0 aliphatic carbocycles. The van der Waals surface area contributed by atoms with Gasteiger partial charge in [0, 0.05) is 36.9 Å². The summed E-state index contributed by atoms with van der Waals surface area (Å²) >= 11 is 5.80. The van der Waals surface area contributed by atoms with Crippen LogP contribution in [0.3, 0.4) is 0 Å². The fraction of sp³-hybridized carbons (Fsp3) is 0.235. The third-order valence-electron chi connectivity index (χ3n) is 3.36. The topological polar surface area (TPSA) is 52.6 Å². The Morgan fingerprint density at radius 2 is 1.73 bits per heavy atom. The van der Waals surface area contributed by atoms with Crippen LogP contribution in [0.25, 0.3) is 0 Å². The van der Waals surface area contributed by atoms with E-state index in [4.69, 9.17) is 11.6 Å². The van der Waals surface area contributed by atoms with Crippen molar-refractivity contribution in [2.24, 2.45) is 0 Å². The van der Waals surface area contributed by atoms with E-state index >= 15 is 0 Å². The second-order valence-electron chi connectivity index (χ2n) is 5.22. The minimum Gasteiger partial charge on any atom is -0.387 e. The minimum atomic E-state index is -0.762. The molecule has 0 aliphatic rings. The molecule has 2 aromatic rings. The van der Waals surface area contributed by atoms with Crippen molar-refractivity contribution in [2.75, 3.05) is 25.5 Å². The number of carbonyl (C=O) groups excluding carboxylic acids is 1. The fourth-order valence-corrected chi connectivity index (χ4v) is 2.13. The Bertz CT molecular complexity index is 624. The summed E-state index contributed by atoms with van der Waals surface area (Å²) in [7, 11) is 3.88. The summed E-state index contributed by atoms with van der Waals surface area (Å²) in [5.74, 6) is -0.210. The Morgan fingerprint density at radius 1 is 1.14 bits per heavy atom. The van der Waals surface area contributed by atoms with Gasteiger partial charge in [-0.3, -0.25) is 4.79 Å². The molecule has 0 radical (unpaired) electrons. The lowest BCUT2D eigenvalue weighted by molar-refractivity contribution is 0.0916. The van der Waals surface area contributed by atoms with E-state index < -0.39 is 6.10 Å². The molecule has 22 heavy (non-hydrogen) atoms. The molecule has 0 spiro atoms. The molecule has 1 atom stereocenters. The van der Waals surface area contributed by atoms with Crippen molar-refractivity contribution >= 4 is 23.2 Å². The quantitative estimate of drug-likeness (QED) is 0.891. The van der Waals surface area contributed by atoms with E-state index in [0.717, 1.165) is 5.69 Å². The number of nitrogens with one attached hydrogen (secondary N) is 1. The number of halogens is 1. The van der Waals surface area contributed by atoms with Crippen LogP contribution in [0.15, 0.2) is 48.5 Å². The van der Waals surface area contributed by atoms with Crippen LogP contribution in [0.4, 0.5) is 5.69 Å². The molecule has 4 nitrogen and oxygen atoms in total. The number of anilines is 1. The average Bonchev–Trinajstić information content (AvgIpc) is 2.53. The zero-order valence-electron chi connectivity index (χ0n) is 12.6. The van der Waals surface area contributed by atoms with Crippen molar-refractivity contribution in [1.82, 2.24) is 5.32 Å². The molecule has 1 unspecified atom stereocenters. The predicted octanol–water partition coefficient (Wildman–Crippen LogP) is 2.87. The minimum absolute atomic E-state index is 0.149. The number of hydrogen-bond donors (Lipinski definition) is 2. The first-order valence-electron chi connectivity index (χ1n) is 6.96. The van der Waals surface area contributed by atoms with Crippen LogP contribution in [0.1, 0.15) is 22.0 Å². The zero-order valence-corrected chi connectivity index (χ0v) is 13.3. The number of benzene rings is 2. The molecule has 0 saturated carbocycles. The number of amides is 1. The Balaban J connectivity index is 1.93. The van der Waals surface area contributed by atoms with Crippen molar-refractivity contribution in [2.45, 2.75) is 6.10 Å². The van der Waals surface area contributed by atoms with Crippen LogP contribution in [-0.2, 0) is 0 Å². The number of carbonyl (C=O) groups is 1. The van der Waals surface area contributed by atoms with Crippen LogP contribution in [0.2, 0.25) is 5.02 Å². The standard InChI is InChI=1S/C17H19ClN2O2/c1-20(2)15-9-5-13(6-10-15)17(22)19-11-16(21)12-3-7-14(18)8-4-12/h3-10,16,21H,11H2,1-2H3,(H,19,22). The summed E-state index contributed by atoms with van der Waals surface area (Å²) in [6.45, 7) is 0.149. The first kappa shape index (κ1) is 16.3. The van der Waals surface area contributed by atoms with Gasteiger partial charge in [0.05, 0.1) is 6.10 Å². The lowest BCUT2D eigenvalue weighted by Gasteiger charge is -2.14. The summed E-state index contributed by atoms with van der Waals surface area (Å²) in [5.41, 5.74) is 2.30. The van der Waals surface area contributed by atoms with E-state index in [-0.39, 0.29) is 12.5 Å². The molecular formula is C17H19ClN2O2. The molecule has 2 N–H and O–H groups in total. The number of aliphatic hydroxyl groups is 1. The Hall–Kier alpha value is -2.04. The van der Waals surface area contributed by atoms with Gasteiger partial charge in [0.15, 0.2) is 0 Å². The summed E-state index contributed by atoms with van der Waals surface area (Å²) in [6.07, 6.45) is -0.762. The van der Waals surface area contributed by atoms with Gasteiger partial charge in [-0.25, -0.2) is 0 Å². The van der Waals surface area contributed by atoms with E-state index in [1.807, 2.05) is 31.1 Å². The van der Waals surface area contributed by atoms with E-state index in [2.05, 4.69) is 5.32 Å². The van der Waals surface area contributed by atoms with Crippen LogP contribution < -0.4 is 10.2 Å². The molecule has 0 saturated heterocycles. The first-order valence-corrected chi connectivity index (χ1v) is 7.34. The lowest BCUT2D eigenvalue weighted by atomic mass is 10.1. The summed E-state index contributed by atoms with van der Waals surface area (Å²) in [5, 5.41) is 13.4. The monoisotopic (exact) mass is 318 g/mol. The maximum Gasteiger partial charge on any atom is 0.251 e. The second kappa shape index (κ2) is 7.29. The van der Waals surface area contributed by atoms with Gasteiger partial charge in [0.1, 0.15) is 0 Å². The first-order chi connectivity index (χ1) is 10.5. The van der Waals surface area contributed by atoms with Gasteiger partial charge < -0.3 is 15.3 Å². The third-order valence-corrected chi connectivity index (χ3v) is 3.61. The number of nitrogens with zero attached hydrogens (tertiary/aromatic N) is 1. The highest BCUT2D eigenvalue weighted by Gasteiger charge is 2.11. The Kier molecular flexibility index (Phi) is 5.41. The smallest absolute Gasteiger partial charge is 0.251 e. The lowest BCUT2D eigenvalue weighted by Crippen LogP contribution is -2.28. The van der Waals surface area contributed by atoms with Crippen LogP contribution in [-0.4, -0.2) is 31.7 Å². The zero-order chi connectivity index (χ0) is 16.1. The number of aliphatic hydroxyl groups excluding tert-OH is 1. The molecule has 0 bridgehead atoms. The van der Waals surface area contributed by atoms with Gasteiger partial charge >= 0.3 is 0 Å². The molecule has 0 fully saturated rings. The maximum absolute atomic E-state index is 12.1. The van der Waals surface area contributed by atoms with Crippen molar-refractivity contribution < 1.29 is 9.90 Å². The molecule has 5 heteroatoms. The molecule has 1 amide bonds. The van der Waals surface area contributed by atoms with E-state index in [9.17, 15) is 9.90 Å². The normalized spacial score (nSPS) is 11.8. The highest BCUT2D eigenvalue weighted by atomic mass is 35.5. The summed E-state index contributed by atoms with van der Waals surface area (Å²) < 4.78 is 0. The maximum atomic E-state index is 12.1. The van der Waals surface area contributed by atoms with Crippen molar-refractivity contribution in [3.05, 3.63) is 64.7 Å². The predicted molar refractivity (Wildman–Crippen MR) is 89.5 cm³/mol. The molecule has 0 heterocycles. The molecular weight excluding hydrogens is 300 g/mol.